The summed E-state index contributed by atoms with van der Waals surface area (Å²) in [6, 6.07) is 15.6. The summed E-state index contributed by atoms with van der Waals surface area (Å²) in [6.07, 6.45) is 2.20. The molecule has 0 aliphatic carbocycles. The smallest absolute Gasteiger partial charge is 0.0594 e. The van der Waals surface area contributed by atoms with E-state index in [9.17, 15) is 0 Å². The molecule has 0 spiro atoms. The predicted octanol–water partition coefficient (Wildman–Crippen LogP) is 3.24. The molecule has 3 aromatic rings. The highest BCUT2D eigenvalue weighted by molar-refractivity contribution is 5.85. The molecule has 2 aliphatic heterocycles. The maximum atomic E-state index is 5.48. The molecule has 5 heteroatoms. The van der Waals surface area contributed by atoms with Crippen molar-refractivity contribution in [1.29, 1.82) is 0 Å². The molecule has 1 fully saturated rings. The minimum atomic E-state index is 0.842. The van der Waals surface area contributed by atoms with Crippen LogP contribution in [-0.4, -0.2) is 47.8 Å². The van der Waals surface area contributed by atoms with Crippen LogP contribution in [0.4, 0.5) is 5.69 Å². The van der Waals surface area contributed by atoms with E-state index in [1.165, 1.54) is 33.4 Å². The molecule has 0 unspecified atom stereocenters. The summed E-state index contributed by atoms with van der Waals surface area (Å²) >= 11 is 0. The average molecular weight is 348 g/mol. The maximum Gasteiger partial charge on any atom is 0.0594 e. The van der Waals surface area contributed by atoms with Crippen LogP contribution >= 0.6 is 0 Å². The Morgan fingerprint density at radius 3 is 2.85 bits per heavy atom. The van der Waals surface area contributed by atoms with Crippen LogP contribution in [0.2, 0.25) is 0 Å². The van der Waals surface area contributed by atoms with Gasteiger partial charge >= 0.3 is 0 Å². The van der Waals surface area contributed by atoms with Gasteiger partial charge in [-0.1, -0.05) is 12.1 Å². The Kier molecular flexibility index (Phi) is 3.93. The third-order valence-corrected chi connectivity index (χ3v) is 5.41. The van der Waals surface area contributed by atoms with Crippen molar-refractivity contribution in [3.63, 3.8) is 0 Å². The number of fused-ring (bicyclic) bond motifs is 2. The van der Waals surface area contributed by atoms with Crippen LogP contribution in [0.3, 0.4) is 0 Å². The van der Waals surface area contributed by atoms with Gasteiger partial charge in [0.25, 0.3) is 0 Å². The van der Waals surface area contributed by atoms with Gasteiger partial charge in [-0.25, -0.2) is 5.01 Å². The van der Waals surface area contributed by atoms with Crippen molar-refractivity contribution in [1.82, 2.24) is 14.5 Å². The van der Waals surface area contributed by atoms with Crippen LogP contribution < -0.4 is 5.43 Å². The fourth-order valence-electron chi connectivity index (χ4n) is 4.07. The highest BCUT2D eigenvalue weighted by Gasteiger charge is 2.17. The zero-order valence-corrected chi connectivity index (χ0v) is 15.1. The van der Waals surface area contributed by atoms with Gasteiger partial charge in [-0.05, 0) is 41.5 Å². The number of anilines is 1. The third kappa shape index (κ3) is 2.78. The fourth-order valence-corrected chi connectivity index (χ4v) is 4.07. The number of nitrogens with zero attached hydrogens (tertiary/aromatic N) is 3. The molecule has 1 aromatic heterocycles. The zero-order chi connectivity index (χ0) is 17.5. The summed E-state index contributed by atoms with van der Waals surface area (Å²) in [6.45, 7) is 5.64. The van der Waals surface area contributed by atoms with Crippen LogP contribution in [0.25, 0.3) is 16.6 Å². The second-order valence-electron chi connectivity index (χ2n) is 7.23. The van der Waals surface area contributed by atoms with E-state index in [0.29, 0.717) is 0 Å². The lowest BCUT2D eigenvalue weighted by Crippen LogP contribution is -2.35. The zero-order valence-electron chi connectivity index (χ0n) is 15.1. The molecule has 5 nitrogen and oxygen atoms in total. The maximum absolute atomic E-state index is 5.48. The molecule has 0 saturated carbocycles. The molecule has 1 saturated heterocycles. The quantitative estimate of drug-likeness (QED) is 0.788. The van der Waals surface area contributed by atoms with E-state index >= 15 is 0 Å². The number of hydrogen-bond donors (Lipinski definition) is 1. The predicted molar refractivity (Wildman–Crippen MR) is 104 cm³/mol. The second kappa shape index (κ2) is 6.43. The summed E-state index contributed by atoms with van der Waals surface area (Å²) in [5.74, 6) is 0. The minimum Gasteiger partial charge on any atom is -0.379 e. The first-order valence-electron chi connectivity index (χ1n) is 9.28. The van der Waals surface area contributed by atoms with Crippen molar-refractivity contribution < 1.29 is 4.74 Å². The van der Waals surface area contributed by atoms with E-state index < -0.39 is 0 Å². The first kappa shape index (κ1) is 15.9. The van der Waals surface area contributed by atoms with Crippen LogP contribution in [-0.2, 0) is 17.8 Å². The van der Waals surface area contributed by atoms with E-state index in [0.717, 1.165) is 39.4 Å². The van der Waals surface area contributed by atoms with E-state index in [2.05, 4.69) is 75.6 Å². The topological polar surface area (TPSA) is 32.7 Å². The van der Waals surface area contributed by atoms with Crippen molar-refractivity contribution in [2.75, 3.05) is 38.8 Å². The normalized spacial score (nSPS) is 18.2. The minimum absolute atomic E-state index is 0.842. The SMILES string of the molecule is CN1Cc2cc(-n3ccc4c(CN5CCOCC5)cccc43)ccc2N1. The van der Waals surface area contributed by atoms with Crippen LogP contribution in [0.1, 0.15) is 11.1 Å². The number of ether oxygens (including phenoxy) is 1. The molecule has 26 heavy (non-hydrogen) atoms. The highest BCUT2D eigenvalue weighted by Crippen LogP contribution is 2.29. The third-order valence-electron chi connectivity index (χ3n) is 5.41. The van der Waals surface area contributed by atoms with Gasteiger partial charge in [0.2, 0.25) is 0 Å². The second-order valence-corrected chi connectivity index (χ2v) is 7.23. The number of morpholine rings is 1. The van der Waals surface area contributed by atoms with Gasteiger partial charge in [0.1, 0.15) is 0 Å². The summed E-state index contributed by atoms with van der Waals surface area (Å²) in [5, 5.41) is 3.46. The standard InChI is InChI=1S/C21H24N4O/c1-23-14-17-13-18(5-6-20(17)22-23)25-8-7-19-16(3-2-4-21(19)25)15-24-9-11-26-12-10-24/h2-8,13,22H,9-12,14-15H2,1H3. The van der Waals surface area contributed by atoms with Crippen LogP contribution in [0.5, 0.6) is 0 Å². The lowest BCUT2D eigenvalue weighted by atomic mass is 10.1. The van der Waals surface area contributed by atoms with Gasteiger partial charge < -0.3 is 14.7 Å². The van der Waals surface area contributed by atoms with E-state index in [4.69, 9.17) is 4.74 Å². The molecular weight excluding hydrogens is 324 g/mol. The Morgan fingerprint density at radius 2 is 1.96 bits per heavy atom. The Labute approximate surface area is 153 Å². The molecular formula is C21H24N4O. The Hall–Kier alpha value is -2.34. The van der Waals surface area contributed by atoms with Crippen molar-refractivity contribution in [3.8, 4) is 5.69 Å². The number of hydrazine groups is 1. The molecule has 1 N–H and O–H groups in total. The summed E-state index contributed by atoms with van der Waals surface area (Å²) in [4.78, 5) is 2.48. The van der Waals surface area contributed by atoms with Crippen molar-refractivity contribution in [2.24, 2.45) is 0 Å². The van der Waals surface area contributed by atoms with Crippen LogP contribution in [0.15, 0.2) is 48.7 Å². The number of nitrogens with one attached hydrogen (secondary N) is 1. The molecule has 5 rings (SSSR count). The van der Waals surface area contributed by atoms with Crippen molar-refractivity contribution in [2.45, 2.75) is 13.1 Å². The van der Waals surface area contributed by atoms with Crippen LogP contribution in [0, 0.1) is 0 Å². The molecule has 2 aromatic carbocycles. The van der Waals surface area contributed by atoms with Gasteiger partial charge in [-0.15, -0.1) is 0 Å². The number of rotatable bonds is 3. The van der Waals surface area contributed by atoms with E-state index in [1.807, 2.05) is 0 Å². The molecule has 134 valence electrons. The summed E-state index contributed by atoms with van der Waals surface area (Å²) in [7, 11) is 2.07. The molecule has 3 heterocycles. The number of benzene rings is 2. The first-order valence-corrected chi connectivity index (χ1v) is 9.28. The number of hydrogen-bond acceptors (Lipinski definition) is 4. The van der Waals surface area contributed by atoms with Gasteiger partial charge in [0.15, 0.2) is 0 Å². The summed E-state index contributed by atoms with van der Waals surface area (Å²) < 4.78 is 7.78. The Morgan fingerprint density at radius 1 is 1.08 bits per heavy atom. The number of aromatic nitrogens is 1. The van der Waals surface area contributed by atoms with E-state index in [-0.39, 0.29) is 0 Å². The van der Waals surface area contributed by atoms with Crippen molar-refractivity contribution in [3.05, 3.63) is 59.8 Å². The molecule has 2 aliphatic rings. The van der Waals surface area contributed by atoms with Gasteiger partial charge in [0, 0.05) is 50.5 Å². The average Bonchev–Trinajstić information content (AvgIpc) is 3.25. The Bertz CT molecular complexity index is 942. The van der Waals surface area contributed by atoms with Gasteiger partial charge in [-0.3, -0.25) is 4.90 Å². The van der Waals surface area contributed by atoms with Gasteiger partial charge in [-0.2, -0.15) is 0 Å². The Balaban J connectivity index is 1.50. The van der Waals surface area contributed by atoms with Crippen molar-refractivity contribution >= 4 is 16.6 Å². The monoisotopic (exact) mass is 348 g/mol. The highest BCUT2D eigenvalue weighted by atomic mass is 16.5. The molecule has 0 amide bonds. The lowest BCUT2D eigenvalue weighted by molar-refractivity contribution is 0.0344. The van der Waals surface area contributed by atoms with E-state index in [1.54, 1.807) is 0 Å². The molecule has 0 atom stereocenters. The fraction of sp³-hybridized carbons (Fsp3) is 0.333. The first-order chi connectivity index (χ1) is 12.8. The summed E-state index contributed by atoms with van der Waals surface area (Å²) in [5.41, 5.74) is 9.81. The largest absolute Gasteiger partial charge is 0.379 e. The molecule has 0 bridgehead atoms. The van der Waals surface area contributed by atoms with Gasteiger partial charge in [0.05, 0.1) is 24.4 Å². The lowest BCUT2D eigenvalue weighted by Gasteiger charge is -2.26. The molecule has 0 radical (unpaired) electrons.